The first-order valence-electron chi connectivity index (χ1n) is 7.78. The van der Waals surface area contributed by atoms with Gasteiger partial charge < -0.3 is 15.0 Å². The number of aromatic nitrogens is 3. The zero-order valence-electron chi connectivity index (χ0n) is 12.9. The molecule has 3 aromatic rings. The Morgan fingerprint density at radius 1 is 1.48 bits per heavy atom. The van der Waals surface area contributed by atoms with Gasteiger partial charge in [0.1, 0.15) is 0 Å². The molecular weight excluding hydrogens is 292 g/mol. The first kappa shape index (κ1) is 14.0. The van der Waals surface area contributed by atoms with Crippen LogP contribution in [0.25, 0.3) is 10.9 Å². The highest BCUT2D eigenvalue weighted by Gasteiger charge is 2.21. The number of H-pyrrole nitrogens is 1. The molecule has 3 heterocycles. The van der Waals surface area contributed by atoms with Crippen LogP contribution in [0.5, 0.6) is 0 Å². The zero-order valence-corrected chi connectivity index (χ0v) is 12.9. The number of nitrogens with zero attached hydrogens (tertiary/aromatic N) is 2. The Kier molecular flexibility index (Phi) is 3.38. The highest BCUT2D eigenvalue weighted by atomic mass is 16.5. The maximum Gasteiger partial charge on any atom is 0.255 e. The number of carbonyl (C=O) groups excluding carboxylic acids is 1. The van der Waals surface area contributed by atoms with Crippen LogP contribution in [0, 0.1) is 0 Å². The number of benzene rings is 1. The average molecular weight is 310 g/mol. The molecule has 0 radical (unpaired) electrons. The van der Waals surface area contributed by atoms with E-state index in [4.69, 9.17) is 4.74 Å². The first-order chi connectivity index (χ1) is 11.2. The fraction of sp³-hybridized carbons (Fsp3) is 0.294. The lowest BCUT2D eigenvalue weighted by Gasteiger charge is -2.25. The third-order valence-electron chi connectivity index (χ3n) is 4.26. The fourth-order valence-corrected chi connectivity index (χ4v) is 2.79. The molecule has 1 aromatic carbocycles. The fourth-order valence-electron chi connectivity index (χ4n) is 2.79. The molecule has 2 N–H and O–H groups in total. The first-order valence-corrected chi connectivity index (χ1v) is 7.78. The number of aromatic amines is 1. The van der Waals surface area contributed by atoms with Crippen LogP contribution in [0.15, 0.2) is 36.8 Å². The quantitative estimate of drug-likeness (QED) is 0.778. The van der Waals surface area contributed by atoms with Gasteiger partial charge in [-0.05, 0) is 30.2 Å². The molecule has 23 heavy (non-hydrogen) atoms. The molecule has 0 aliphatic carbocycles. The van der Waals surface area contributed by atoms with Crippen molar-refractivity contribution in [2.45, 2.75) is 19.4 Å². The van der Waals surface area contributed by atoms with Gasteiger partial charge in [-0.3, -0.25) is 9.48 Å². The van der Waals surface area contributed by atoms with Crippen LogP contribution in [-0.4, -0.2) is 33.9 Å². The van der Waals surface area contributed by atoms with E-state index in [1.165, 1.54) is 5.56 Å². The number of anilines is 1. The van der Waals surface area contributed by atoms with Crippen molar-refractivity contribution in [3.63, 3.8) is 0 Å². The highest BCUT2D eigenvalue weighted by molar-refractivity contribution is 6.06. The van der Waals surface area contributed by atoms with Gasteiger partial charge in [0.2, 0.25) is 0 Å². The van der Waals surface area contributed by atoms with E-state index < -0.39 is 0 Å². The van der Waals surface area contributed by atoms with Crippen LogP contribution < -0.4 is 5.32 Å². The number of hydrogen-bond acceptors (Lipinski definition) is 3. The highest BCUT2D eigenvalue weighted by Crippen LogP contribution is 2.22. The van der Waals surface area contributed by atoms with Crippen LogP contribution >= 0.6 is 0 Å². The van der Waals surface area contributed by atoms with Crippen molar-refractivity contribution in [3.05, 3.63) is 47.9 Å². The summed E-state index contributed by atoms with van der Waals surface area (Å²) in [6.45, 7) is 3.46. The lowest BCUT2D eigenvalue weighted by molar-refractivity contribution is -0.0286. The molecule has 2 aromatic heterocycles. The maximum absolute atomic E-state index is 12.5. The summed E-state index contributed by atoms with van der Waals surface area (Å²) in [4.78, 5) is 15.7. The van der Waals surface area contributed by atoms with Gasteiger partial charge in [0, 0.05) is 28.9 Å². The van der Waals surface area contributed by atoms with Crippen LogP contribution in [0.3, 0.4) is 0 Å². The number of hydrogen-bond donors (Lipinski definition) is 2. The number of amides is 1. The van der Waals surface area contributed by atoms with Crippen LogP contribution in [0.4, 0.5) is 5.69 Å². The van der Waals surface area contributed by atoms with Crippen molar-refractivity contribution in [2.24, 2.45) is 0 Å². The standard InChI is InChI=1S/C17H18N4O2/c1-2-11-6-18-16-4-3-12(5-15(11)16)17(22)20-13-7-19-21(8-13)14-9-23-10-14/h3-8,14,18H,2,9-10H2,1H3,(H,20,22). The number of ether oxygens (including phenoxy) is 1. The van der Waals surface area contributed by atoms with Crippen molar-refractivity contribution < 1.29 is 9.53 Å². The molecule has 1 saturated heterocycles. The van der Waals surface area contributed by atoms with Gasteiger partial charge in [-0.2, -0.15) is 5.10 Å². The molecule has 1 aliphatic heterocycles. The normalized spacial score (nSPS) is 14.8. The predicted octanol–water partition coefficient (Wildman–Crippen LogP) is 2.75. The minimum absolute atomic E-state index is 0.125. The van der Waals surface area contributed by atoms with Gasteiger partial charge in [-0.15, -0.1) is 0 Å². The average Bonchev–Trinajstić information content (AvgIpc) is 3.11. The summed E-state index contributed by atoms with van der Waals surface area (Å²) in [6.07, 6.45) is 6.44. The van der Waals surface area contributed by atoms with E-state index in [1.807, 2.05) is 35.3 Å². The van der Waals surface area contributed by atoms with Gasteiger partial charge in [0.15, 0.2) is 0 Å². The van der Waals surface area contributed by atoms with E-state index in [-0.39, 0.29) is 11.9 Å². The Morgan fingerprint density at radius 2 is 2.35 bits per heavy atom. The smallest absolute Gasteiger partial charge is 0.255 e. The number of aryl methyl sites for hydroxylation is 1. The summed E-state index contributed by atoms with van der Waals surface area (Å²) in [5, 5.41) is 8.27. The van der Waals surface area contributed by atoms with Crippen molar-refractivity contribution in [3.8, 4) is 0 Å². The second-order valence-electron chi connectivity index (χ2n) is 5.78. The summed E-state index contributed by atoms with van der Waals surface area (Å²) in [5.41, 5.74) is 3.61. The van der Waals surface area contributed by atoms with Gasteiger partial charge >= 0.3 is 0 Å². The molecule has 0 bridgehead atoms. The largest absolute Gasteiger partial charge is 0.377 e. The molecule has 0 spiro atoms. The second-order valence-corrected chi connectivity index (χ2v) is 5.78. The third-order valence-corrected chi connectivity index (χ3v) is 4.26. The summed E-state index contributed by atoms with van der Waals surface area (Å²) < 4.78 is 6.99. The lowest BCUT2D eigenvalue weighted by atomic mass is 10.1. The van der Waals surface area contributed by atoms with Gasteiger partial charge in [-0.25, -0.2) is 0 Å². The van der Waals surface area contributed by atoms with E-state index in [9.17, 15) is 4.79 Å². The second kappa shape index (κ2) is 5.55. The monoisotopic (exact) mass is 310 g/mol. The van der Waals surface area contributed by atoms with E-state index in [0.717, 1.165) is 17.3 Å². The number of rotatable bonds is 4. The van der Waals surface area contributed by atoms with Gasteiger partial charge in [0.25, 0.3) is 5.91 Å². The van der Waals surface area contributed by atoms with Gasteiger partial charge in [-0.1, -0.05) is 6.92 Å². The zero-order chi connectivity index (χ0) is 15.8. The van der Waals surface area contributed by atoms with E-state index in [0.29, 0.717) is 24.5 Å². The van der Waals surface area contributed by atoms with E-state index in [2.05, 4.69) is 22.3 Å². The predicted molar refractivity (Wildman–Crippen MR) is 87.7 cm³/mol. The van der Waals surface area contributed by atoms with Crippen molar-refractivity contribution in [1.82, 2.24) is 14.8 Å². The number of nitrogens with one attached hydrogen (secondary N) is 2. The minimum atomic E-state index is -0.125. The maximum atomic E-state index is 12.5. The molecule has 6 heteroatoms. The van der Waals surface area contributed by atoms with E-state index in [1.54, 1.807) is 6.20 Å². The Labute approximate surface area is 133 Å². The third kappa shape index (κ3) is 2.51. The Balaban J connectivity index is 1.55. The molecule has 0 saturated carbocycles. The molecule has 6 nitrogen and oxygen atoms in total. The molecule has 1 fully saturated rings. The molecule has 4 rings (SSSR count). The molecular formula is C17H18N4O2. The topological polar surface area (TPSA) is 71.9 Å². The molecule has 1 aliphatic rings. The SMILES string of the molecule is CCc1c[nH]c2ccc(C(=O)Nc3cnn(C4COC4)c3)cc12. The molecule has 0 unspecified atom stereocenters. The summed E-state index contributed by atoms with van der Waals surface area (Å²) in [7, 11) is 0. The van der Waals surface area contributed by atoms with Crippen molar-refractivity contribution >= 4 is 22.5 Å². The van der Waals surface area contributed by atoms with Crippen molar-refractivity contribution in [2.75, 3.05) is 18.5 Å². The molecule has 118 valence electrons. The Hall–Kier alpha value is -2.60. The molecule has 1 amide bonds. The lowest BCUT2D eigenvalue weighted by Crippen LogP contribution is -2.30. The Morgan fingerprint density at radius 3 is 3.09 bits per heavy atom. The number of fused-ring (bicyclic) bond motifs is 1. The van der Waals surface area contributed by atoms with Crippen LogP contribution in [0.2, 0.25) is 0 Å². The molecule has 0 atom stereocenters. The summed E-state index contributed by atoms with van der Waals surface area (Å²) in [5.74, 6) is -0.125. The van der Waals surface area contributed by atoms with Crippen molar-refractivity contribution in [1.29, 1.82) is 0 Å². The summed E-state index contributed by atoms with van der Waals surface area (Å²) in [6, 6.07) is 5.99. The van der Waals surface area contributed by atoms with Crippen LogP contribution in [-0.2, 0) is 11.2 Å². The minimum Gasteiger partial charge on any atom is -0.377 e. The van der Waals surface area contributed by atoms with Crippen LogP contribution in [0.1, 0.15) is 28.9 Å². The number of carbonyl (C=O) groups is 1. The summed E-state index contributed by atoms with van der Waals surface area (Å²) >= 11 is 0. The Bertz CT molecular complexity index is 860. The van der Waals surface area contributed by atoms with Gasteiger partial charge in [0.05, 0.1) is 31.1 Å². The van der Waals surface area contributed by atoms with E-state index >= 15 is 0 Å².